The zero-order chi connectivity index (χ0) is 50.2. The molecule has 15 rings (SSSR count). The van der Waals surface area contributed by atoms with E-state index in [-0.39, 0.29) is 0 Å². The molecule has 2 aromatic heterocycles. The first-order chi connectivity index (χ1) is 37.7. The molecule has 1 aliphatic carbocycles. The first-order valence-corrected chi connectivity index (χ1v) is 28.4. The maximum absolute atomic E-state index is 2.69. The summed E-state index contributed by atoms with van der Waals surface area (Å²) in [5.74, 6) is 0. The van der Waals surface area contributed by atoms with Gasteiger partial charge in [-0.15, -0.1) is 0 Å². The van der Waals surface area contributed by atoms with Crippen LogP contribution in [0.3, 0.4) is 0 Å². The Kier molecular flexibility index (Phi) is 10.2. The van der Waals surface area contributed by atoms with Crippen molar-refractivity contribution in [2.45, 2.75) is 5.41 Å². The SMILES string of the molecule is c1ccc(C2(c3ccccc3)c3ccccc3-c3ccc(-c4ccc5c6ccccc6n(-c6ccc7c(c6)c6ccccc6n7-c6ccc([Si](c7ccccc7)(c7ccccc7)c7ccccc7)cc6)c5c4)cc32)cc1. The van der Waals surface area contributed by atoms with Crippen LogP contribution in [0.5, 0.6) is 0 Å². The van der Waals surface area contributed by atoms with Crippen LogP contribution in [-0.4, -0.2) is 17.2 Å². The Labute approximate surface area is 443 Å². The largest absolute Gasteiger partial charge is 0.309 e. The van der Waals surface area contributed by atoms with Gasteiger partial charge in [0.1, 0.15) is 0 Å². The van der Waals surface area contributed by atoms with Gasteiger partial charge in [-0.05, 0) is 120 Å². The fourth-order valence-corrected chi connectivity index (χ4v) is 18.1. The topological polar surface area (TPSA) is 9.86 Å². The Bertz CT molecular complexity index is 4350. The van der Waals surface area contributed by atoms with Crippen molar-refractivity contribution in [3.05, 3.63) is 326 Å². The molecule has 0 N–H and O–H groups in total. The van der Waals surface area contributed by atoms with Crippen LogP contribution in [0.25, 0.3) is 77.2 Å². The van der Waals surface area contributed by atoms with Crippen molar-refractivity contribution in [1.29, 1.82) is 0 Å². The van der Waals surface area contributed by atoms with E-state index >= 15 is 0 Å². The monoisotopic (exact) mass is 982 g/mol. The molecule has 0 saturated carbocycles. The Balaban J connectivity index is 0.884. The number of nitrogens with zero attached hydrogens (tertiary/aromatic N) is 2. The quantitative estimate of drug-likeness (QED) is 0.101. The molecule has 0 radical (unpaired) electrons. The lowest BCUT2D eigenvalue weighted by Gasteiger charge is -2.34. The van der Waals surface area contributed by atoms with Gasteiger partial charge in [0.15, 0.2) is 8.07 Å². The Hall–Kier alpha value is -9.54. The molecule has 0 aliphatic heterocycles. The molecule has 0 saturated heterocycles. The van der Waals surface area contributed by atoms with Crippen LogP contribution < -0.4 is 20.7 Å². The molecule has 76 heavy (non-hydrogen) atoms. The average Bonchev–Trinajstić information content (AvgIpc) is 4.13. The minimum Gasteiger partial charge on any atom is -0.309 e. The highest BCUT2D eigenvalue weighted by molar-refractivity contribution is 7.19. The summed E-state index contributed by atoms with van der Waals surface area (Å²) in [4.78, 5) is 0. The van der Waals surface area contributed by atoms with E-state index in [2.05, 4.69) is 312 Å². The standard InChI is InChI=1S/C73H50N2Si/c1-6-22-53(23-7-1)73(54-24-8-2-9-25-54)67-35-19-16-32-61(67)62-45-38-51(48-68(62)73)52-39-46-65-63-33-17-20-36-69(63)75(72(65)49-52)56-42-47-71-66(50-56)64-34-18-21-37-70(64)74(71)55-40-43-60(44-41-55)76(57-26-10-3-11-27-57,58-28-12-4-13-29-58)59-30-14-5-15-31-59/h1-50H. The second kappa shape index (κ2) is 17.6. The predicted molar refractivity (Wildman–Crippen MR) is 321 cm³/mol. The van der Waals surface area contributed by atoms with Gasteiger partial charge in [-0.2, -0.15) is 0 Å². The van der Waals surface area contributed by atoms with E-state index in [9.17, 15) is 0 Å². The van der Waals surface area contributed by atoms with E-state index in [0.717, 1.165) is 11.4 Å². The number of para-hydroxylation sites is 2. The second-order valence-electron chi connectivity index (χ2n) is 20.3. The normalized spacial score (nSPS) is 12.8. The lowest BCUT2D eigenvalue weighted by Crippen LogP contribution is -2.74. The third-order valence-electron chi connectivity index (χ3n) is 16.6. The summed E-state index contributed by atoms with van der Waals surface area (Å²) in [6.45, 7) is 0. The molecule has 356 valence electrons. The van der Waals surface area contributed by atoms with Crippen molar-refractivity contribution < 1.29 is 0 Å². The van der Waals surface area contributed by atoms with Crippen molar-refractivity contribution in [3.8, 4) is 33.6 Å². The summed E-state index contributed by atoms with van der Waals surface area (Å²) in [5.41, 5.74) is 16.7. The number of benzene rings is 12. The van der Waals surface area contributed by atoms with Crippen molar-refractivity contribution in [3.63, 3.8) is 0 Å². The van der Waals surface area contributed by atoms with Crippen LogP contribution in [0.2, 0.25) is 0 Å². The molecule has 0 atom stereocenters. The van der Waals surface area contributed by atoms with Crippen LogP contribution >= 0.6 is 0 Å². The van der Waals surface area contributed by atoms with Gasteiger partial charge in [0.05, 0.1) is 27.5 Å². The molecule has 0 spiro atoms. The highest BCUT2D eigenvalue weighted by Gasteiger charge is 2.46. The fourth-order valence-electron chi connectivity index (χ4n) is 13.4. The number of hydrogen-bond donors (Lipinski definition) is 0. The smallest absolute Gasteiger partial charge is 0.179 e. The summed E-state index contributed by atoms with van der Waals surface area (Å²) >= 11 is 0. The number of hydrogen-bond acceptors (Lipinski definition) is 0. The minimum absolute atomic E-state index is 0.473. The number of fused-ring (bicyclic) bond motifs is 9. The van der Waals surface area contributed by atoms with E-state index in [1.165, 1.54) is 109 Å². The van der Waals surface area contributed by atoms with Crippen molar-refractivity contribution >= 4 is 72.4 Å². The van der Waals surface area contributed by atoms with E-state index < -0.39 is 13.5 Å². The molecule has 2 nitrogen and oxygen atoms in total. The van der Waals surface area contributed by atoms with Crippen LogP contribution in [-0.2, 0) is 5.41 Å². The molecule has 3 heteroatoms. The minimum atomic E-state index is -2.69. The first kappa shape index (κ1) is 44.0. The van der Waals surface area contributed by atoms with Gasteiger partial charge in [0.2, 0.25) is 0 Å². The Morgan fingerprint density at radius 3 is 1.28 bits per heavy atom. The van der Waals surface area contributed by atoms with Crippen LogP contribution in [0.1, 0.15) is 22.3 Å². The van der Waals surface area contributed by atoms with Crippen LogP contribution in [0, 0.1) is 0 Å². The second-order valence-corrected chi connectivity index (χ2v) is 24.1. The molecule has 12 aromatic carbocycles. The van der Waals surface area contributed by atoms with Crippen molar-refractivity contribution in [1.82, 2.24) is 9.13 Å². The molecular formula is C73H50N2Si. The molecule has 2 heterocycles. The maximum atomic E-state index is 2.48. The number of rotatable bonds is 9. The summed E-state index contributed by atoms with van der Waals surface area (Å²) in [5, 5.41) is 10.4. The predicted octanol–water partition coefficient (Wildman–Crippen LogP) is 15.3. The van der Waals surface area contributed by atoms with E-state index in [1.54, 1.807) is 0 Å². The third kappa shape index (κ3) is 6.46. The average molecular weight is 983 g/mol. The summed E-state index contributed by atoms with van der Waals surface area (Å²) < 4.78 is 4.94. The first-order valence-electron chi connectivity index (χ1n) is 26.4. The molecule has 0 fully saturated rings. The zero-order valence-corrected chi connectivity index (χ0v) is 42.8. The lowest BCUT2D eigenvalue weighted by atomic mass is 9.67. The number of aromatic nitrogens is 2. The van der Waals surface area contributed by atoms with Gasteiger partial charge in [-0.25, -0.2) is 0 Å². The molecule has 14 aromatic rings. The van der Waals surface area contributed by atoms with Gasteiger partial charge < -0.3 is 9.13 Å². The van der Waals surface area contributed by atoms with E-state index in [4.69, 9.17) is 0 Å². The molecule has 0 amide bonds. The Morgan fingerprint density at radius 1 is 0.250 bits per heavy atom. The van der Waals surface area contributed by atoms with Crippen LogP contribution in [0.15, 0.2) is 303 Å². The van der Waals surface area contributed by atoms with Gasteiger partial charge in [0, 0.05) is 32.9 Å². The summed E-state index contributed by atoms with van der Waals surface area (Å²) in [7, 11) is -2.69. The highest BCUT2D eigenvalue weighted by atomic mass is 28.3. The lowest BCUT2D eigenvalue weighted by molar-refractivity contribution is 0.769. The van der Waals surface area contributed by atoms with Gasteiger partial charge in [0.25, 0.3) is 0 Å². The fraction of sp³-hybridized carbons (Fsp3) is 0.0137. The van der Waals surface area contributed by atoms with Crippen LogP contribution in [0.4, 0.5) is 0 Å². The highest BCUT2D eigenvalue weighted by Crippen LogP contribution is 2.57. The van der Waals surface area contributed by atoms with Crippen molar-refractivity contribution in [2.75, 3.05) is 0 Å². The molecule has 0 bridgehead atoms. The van der Waals surface area contributed by atoms with Gasteiger partial charge in [-0.3, -0.25) is 0 Å². The third-order valence-corrected chi connectivity index (χ3v) is 21.4. The van der Waals surface area contributed by atoms with E-state index in [1.807, 2.05) is 0 Å². The van der Waals surface area contributed by atoms with Gasteiger partial charge in [-0.1, -0.05) is 249 Å². The zero-order valence-electron chi connectivity index (χ0n) is 41.8. The Morgan fingerprint density at radius 2 is 0.671 bits per heavy atom. The molecule has 1 aliphatic rings. The molecule has 0 unspecified atom stereocenters. The molecular weight excluding hydrogens is 933 g/mol. The summed E-state index contributed by atoms with van der Waals surface area (Å²) in [6, 6.07) is 113. The summed E-state index contributed by atoms with van der Waals surface area (Å²) in [6.07, 6.45) is 0. The maximum Gasteiger partial charge on any atom is 0.179 e. The van der Waals surface area contributed by atoms with Crippen molar-refractivity contribution in [2.24, 2.45) is 0 Å². The van der Waals surface area contributed by atoms with Gasteiger partial charge >= 0.3 is 0 Å². The van der Waals surface area contributed by atoms with E-state index in [0.29, 0.717) is 0 Å².